The van der Waals surface area contributed by atoms with E-state index in [9.17, 15) is 10.0 Å². The van der Waals surface area contributed by atoms with Crippen LogP contribution in [0.4, 0.5) is 5.69 Å². The third kappa shape index (κ3) is 4.72. The van der Waals surface area contributed by atoms with Crippen molar-refractivity contribution in [2.45, 2.75) is 37.4 Å². The first-order chi connectivity index (χ1) is 9.36. The fourth-order valence-corrected chi connectivity index (χ4v) is 2.40. The summed E-state index contributed by atoms with van der Waals surface area (Å²) in [5.74, 6) is 0.103. The van der Waals surface area contributed by atoms with E-state index in [-0.39, 0.29) is 23.3 Å². The van der Waals surface area contributed by atoms with Gasteiger partial charge >= 0.3 is 0 Å². The fraction of sp³-hybridized carbons (Fsp3) is 0.500. The van der Waals surface area contributed by atoms with Gasteiger partial charge in [0.25, 0.3) is 0 Å². The Bertz CT molecular complexity index is 435. The highest BCUT2D eigenvalue weighted by Crippen LogP contribution is 2.30. The topological polar surface area (TPSA) is 64.8 Å². The average Bonchev–Trinajstić information content (AvgIpc) is 2.43. The number of carbonyl (C=O) groups excluding carboxylic acids is 1. The van der Waals surface area contributed by atoms with Crippen molar-refractivity contribution < 1.29 is 15.2 Å². The molecule has 0 heterocycles. The lowest BCUT2D eigenvalue weighted by molar-refractivity contribution is -0.991. The van der Waals surface area contributed by atoms with Crippen molar-refractivity contribution in [1.29, 1.82) is 0 Å². The molecule has 1 aromatic rings. The largest absolute Gasteiger partial charge is 0.595 e. The Morgan fingerprint density at radius 2 is 1.90 bits per heavy atom. The molecule has 0 spiro atoms. The van der Waals surface area contributed by atoms with E-state index < -0.39 is 10.1 Å². The SMILES string of the molecule is CC[C@@H](CC(=O)C(Cl)Cl)[C@H](C)c1ccc([NH+]([O-])O)cc1. The minimum absolute atomic E-state index is 0.137. The van der Waals surface area contributed by atoms with E-state index in [1.54, 1.807) is 24.3 Å². The van der Waals surface area contributed by atoms with Crippen LogP contribution >= 0.6 is 23.2 Å². The van der Waals surface area contributed by atoms with Gasteiger partial charge in [-0.2, -0.15) is 5.23 Å². The van der Waals surface area contributed by atoms with E-state index in [1.807, 2.05) is 13.8 Å². The number of hydrogen-bond donors (Lipinski definition) is 2. The highest BCUT2D eigenvalue weighted by atomic mass is 35.5. The molecule has 0 aliphatic heterocycles. The maximum atomic E-state index is 11.6. The molecular weight excluding hydrogens is 301 g/mol. The predicted molar refractivity (Wildman–Crippen MR) is 79.5 cm³/mol. The Balaban J connectivity index is 2.80. The standard InChI is InChI=1S/C14H19Cl2NO3/c1-3-10(8-13(18)14(15)16)9(2)11-4-6-12(7-5-11)17(19)20/h4-7,9-10,14,17,19H,3,8H2,1-2H3/t9-,10-/m0/s1. The number of alkyl halides is 2. The maximum absolute atomic E-state index is 11.6. The molecule has 2 N–H and O–H groups in total. The summed E-state index contributed by atoms with van der Waals surface area (Å²) >= 11 is 11.2. The van der Waals surface area contributed by atoms with Crippen molar-refractivity contribution in [2.24, 2.45) is 5.92 Å². The Morgan fingerprint density at radius 1 is 1.35 bits per heavy atom. The maximum Gasteiger partial charge on any atom is 0.165 e. The monoisotopic (exact) mass is 319 g/mol. The summed E-state index contributed by atoms with van der Waals surface area (Å²) in [5.41, 5.74) is 1.27. The number of hydrogen-bond acceptors (Lipinski definition) is 3. The van der Waals surface area contributed by atoms with Gasteiger partial charge < -0.3 is 5.21 Å². The lowest BCUT2D eigenvalue weighted by atomic mass is 9.83. The Kier molecular flexibility index (Phi) is 6.92. The number of ketones is 1. The van der Waals surface area contributed by atoms with E-state index >= 15 is 0 Å². The van der Waals surface area contributed by atoms with Crippen LogP contribution in [0.2, 0.25) is 0 Å². The fourth-order valence-electron chi connectivity index (χ4n) is 2.22. The van der Waals surface area contributed by atoms with Gasteiger partial charge in [-0.15, -0.1) is 0 Å². The normalized spacial score (nSPS) is 15.9. The van der Waals surface area contributed by atoms with Crippen LogP contribution < -0.4 is 5.23 Å². The van der Waals surface area contributed by atoms with Crippen LogP contribution in [0, 0.1) is 11.1 Å². The van der Waals surface area contributed by atoms with Gasteiger partial charge in [-0.05, 0) is 17.4 Å². The second-order valence-electron chi connectivity index (χ2n) is 4.86. The van der Waals surface area contributed by atoms with Gasteiger partial charge in [0, 0.05) is 18.6 Å². The van der Waals surface area contributed by atoms with Gasteiger partial charge in [-0.25, -0.2) is 5.21 Å². The molecule has 0 aliphatic rings. The molecule has 0 fully saturated rings. The first kappa shape index (κ1) is 17.4. The van der Waals surface area contributed by atoms with Gasteiger partial charge in [0.15, 0.2) is 16.3 Å². The summed E-state index contributed by atoms with van der Waals surface area (Å²) in [6, 6.07) is 6.74. The molecule has 0 aliphatic carbocycles. The van der Waals surface area contributed by atoms with Gasteiger partial charge in [-0.1, -0.05) is 55.6 Å². The molecule has 0 amide bonds. The van der Waals surface area contributed by atoms with Crippen LogP contribution in [0.1, 0.15) is 38.2 Å². The smallest absolute Gasteiger partial charge is 0.165 e. The molecule has 3 atom stereocenters. The lowest BCUT2D eigenvalue weighted by Gasteiger charge is -2.23. The Labute approximate surface area is 128 Å². The number of benzene rings is 1. The van der Waals surface area contributed by atoms with Gasteiger partial charge in [0.2, 0.25) is 0 Å². The Hall–Kier alpha value is -0.650. The van der Waals surface area contributed by atoms with Gasteiger partial charge in [0.05, 0.1) is 0 Å². The average molecular weight is 320 g/mol. The zero-order valence-corrected chi connectivity index (χ0v) is 13.0. The summed E-state index contributed by atoms with van der Waals surface area (Å²) in [7, 11) is 0. The zero-order valence-electron chi connectivity index (χ0n) is 11.5. The van der Waals surface area contributed by atoms with Crippen LogP contribution in [-0.2, 0) is 4.79 Å². The second kappa shape index (κ2) is 7.96. The van der Waals surface area contributed by atoms with Crippen LogP contribution in [0.3, 0.4) is 0 Å². The van der Waals surface area contributed by atoms with E-state index in [2.05, 4.69) is 0 Å². The summed E-state index contributed by atoms with van der Waals surface area (Å²) in [6.07, 6.45) is 1.16. The molecule has 1 unspecified atom stereocenters. The number of halogens is 2. The molecule has 1 aromatic carbocycles. The lowest BCUT2D eigenvalue weighted by Crippen LogP contribution is -2.99. The molecular formula is C14H19Cl2NO3. The molecule has 112 valence electrons. The summed E-state index contributed by atoms with van der Waals surface area (Å²) in [6.45, 7) is 4.03. The van der Waals surface area contributed by atoms with Crippen molar-refractivity contribution >= 4 is 34.7 Å². The van der Waals surface area contributed by atoms with Gasteiger partial charge in [0.1, 0.15) is 0 Å². The number of rotatable bonds is 7. The minimum Gasteiger partial charge on any atom is -0.595 e. The zero-order chi connectivity index (χ0) is 15.3. The first-order valence-electron chi connectivity index (χ1n) is 6.50. The molecule has 0 bridgehead atoms. The van der Waals surface area contributed by atoms with E-state index in [1.165, 1.54) is 0 Å². The molecule has 1 rings (SSSR count). The number of carbonyl (C=O) groups is 1. The van der Waals surface area contributed by atoms with Crippen LogP contribution in [-0.4, -0.2) is 15.8 Å². The highest BCUT2D eigenvalue weighted by Gasteiger charge is 2.23. The first-order valence-corrected chi connectivity index (χ1v) is 7.38. The van der Waals surface area contributed by atoms with Crippen molar-refractivity contribution in [1.82, 2.24) is 0 Å². The van der Waals surface area contributed by atoms with Crippen molar-refractivity contribution in [3.05, 3.63) is 35.0 Å². The third-order valence-electron chi connectivity index (χ3n) is 3.62. The molecule has 0 aromatic heterocycles. The third-order valence-corrected chi connectivity index (χ3v) is 4.11. The molecule has 0 saturated heterocycles. The van der Waals surface area contributed by atoms with Crippen LogP contribution in [0.25, 0.3) is 0 Å². The van der Waals surface area contributed by atoms with Crippen LogP contribution in [0.15, 0.2) is 24.3 Å². The van der Waals surface area contributed by atoms with E-state index in [0.29, 0.717) is 6.42 Å². The summed E-state index contributed by atoms with van der Waals surface area (Å²) in [4.78, 5) is 10.7. The quantitative estimate of drug-likeness (QED) is 0.600. The molecule has 6 heteroatoms. The van der Waals surface area contributed by atoms with E-state index in [0.717, 1.165) is 12.0 Å². The predicted octanol–water partition coefficient (Wildman–Crippen LogP) is 2.98. The van der Waals surface area contributed by atoms with Crippen LogP contribution in [0.5, 0.6) is 0 Å². The minimum atomic E-state index is -0.981. The van der Waals surface area contributed by atoms with E-state index in [4.69, 9.17) is 28.4 Å². The highest BCUT2D eigenvalue weighted by molar-refractivity contribution is 6.53. The molecule has 4 nitrogen and oxygen atoms in total. The molecule has 20 heavy (non-hydrogen) atoms. The summed E-state index contributed by atoms with van der Waals surface area (Å²) < 4.78 is 0. The van der Waals surface area contributed by atoms with Gasteiger partial charge in [-0.3, -0.25) is 4.79 Å². The van der Waals surface area contributed by atoms with Crippen molar-refractivity contribution in [3.63, 3.8) is 0 Å². The molecule has 0 radical (unpaired) electrons. The Morgan fingerprint density at radius 3 is 2.30 bits per heavy atom. The second-order valence-corrected chi connectivity index (χ2v) is 5.95. The van der Waals surface area contributed by atoms with Crippen molar-refractivity contribution in [3.8, 4) is 0 Å². The number of Topliss-reactive ketones (excluding diaryl/α,β-unsaturated/α-hetero) is 1. The van der Waals surface area contributed by atoms with Crippen molar-refractivity contribution in [2.75, 3.05) is 0 Å². The number of quaternary nitrogens is 1. The molecule has 0 saturated carbocycles. The summed E-state index contributed by atoms with van der Waals surface area (Å²) in [5, 5.41) is 18.7. The number of nitrogens with one attached hydrogen (secondary N) is 1.